The van der Waals surface area contributed by atoms with Crippen LogP contribution in [0.2, 0.25) is 0 Å². The second kappa shape index (κ2) is 17.0. The van der Waals surface area contributed by atoms with Crippen molar-refractivity contribution in [3.8, 4) is 0 Å². The van der Waals surface area contributed by atoms with Crippen LogP contribution >= 0.6 is 0 Å². The van der Waals surface area contributed by atoms with Gasteiger partial charge < -0.3 is 26.8 Å². The zero-order chi connectivity index (χ0) is 33.9. The highest BCUT2D eigenvalue weighted by molar-refractivity contribution is 5.91. The summed E-state index contributed by atoms with van der Waals surface area (Å²) in [6.45, 7) is 8.57. The monoisotopic (exact) mass is 638 g/mol. The predicted molar refractivity (Wildman–Crippen MR) is 189 cm³/mol. The first-order chi connectivity index (χ1) is 22.5. The minimum absolute atomic E-state index is 0.134. The SMILES string of the molecule is CC[C@H](C)CNC(=O)C[C@H](O)[C@H](CC(C)C)NC(=O)C(N)NC(=O)C(Cc1cccc2ccccc12)Cc1cccc2ccccc12. The zero-order valence-corrected chi connectivity index (χ0v) is 28.0. The quantitative estimate of drug-likeness (QED) is 0.107. The number of hydrogen-bond donors (Lipinski definition) is 5. The fraction of sp³-hybridized carbons (Fsp3) is 0.410. The first kappa shape index (κ1) is 35.6. The number of nitrogens with two attached hydrogens (primary N) is 1. The van der Waals surface area contributed by atoms with E-state index in [1.807, 2.05) is 69.3 Å². The van der Waals surface area contributed by atoms with Crippen molar-refractivity contribution < 1.29 is 19.5 Å². The summed E-state index contributed by atoms with van der Waals surface area (Å²) in [6, 6.07) is 27.6. The molecule has 4 atom stereocenters. The molecule has 0 saturated carbocycles. The molecule has 250 valence electrons. The van der Waals surface area contributed by atoms with Crippen LogP contribution in [-0.2, 0) is 27.2 Å². The molecule has 0 aliphatic rings. The van der Waals surface area contributed by atoms with E-state index in [0.717, 1.165) is 39.1 Å². The molecular formula is C39H50N4O4. The summed E-state index contributed by atoms with van der Waals surface area (Å²) < 4.78 is 0. The van der Waals surface area contributed by atoms with Gasteiger partial charge in [-0.3, -0.25) is 14.4 Å². The van der Waals surface area contributed by atoms with Crippen LogP contribution in [0.25, 0.3) is 21.5 Å². The average Bonchev–Trinajstić information content (AvgIpc) is 3.06. The van der Waals surface area contributed by atoms with Gasteiger partial charge in [0.1, 0.15) is 0 Å². The minimum Gasteiger partial charge on any atom is -0.390 e. The van der Waals surface area contributed by atoms with E-state index in [9.17, 15) is 19.5 Å². The maximum absolute atomic E-state index is 14.0. The molecule has 0 aromatic heterocycles. The van der Waals surface area contributed by atoms with Gasteiger partial charge in [-0.2, -0.15) is 0 Å². The molecule has 6 N–H and O–H groups in total. The smallest absolute Gasteiger partial charge is 0.257 e. The Morgan fingerprint density at radius 2 is 1.28 bits per heavy atom. The van der Waals surface area contributed by atoms with E-state index in [1.54, 1.807) is 0 Å². The normalized spacial score (nSPS) is 14.1. The lowest BCUT2D eigenvalue weighted by Crippen LogP contribution is -2.57. The largest absolute Gasteiger partial charge is 0.390 e. The van der Waals surface area contributed by atoms with Crippen molar-refractivity contribution in [1.29, 1.82) is 0 Å². The van der Waals surface area contributed by atoms with Crippen LogP contribution in [0.5, 0.6) is 0 Å². The minimum atomic E-state index is -1.34. The number of nitrogens with one attached hydrogen (secondary N) is 3. The third-order valence-electron chi connectivity index (χ3n) is 8.90. The Bertz CT molecular complexity index is 1560. The van der Waals surface area contributed by atoms with Crippen molar-refractivity contribution in [1.82, 2.24) is 16.0 Å². The molecule has 4 aromatic rings. The Morgan fingerprint density at radius 3 is 1.81 bits per heavy atom. The van der Waals surface area contributed by atoms with Crippen molar-refractivity contribution >= 4 is 39.3 Å². The third kappa shape index (κ3) is 10.1. The van der Waals surface area contributed by atoms with E-state index in [0.29, 0.717) is 31.7 Å². The highest BCUT2D eigenvalue weighted by atomic mass is 16.3. The molecule has 0 radical (unpaired) electrons. The Hall–Kier alpha value is -4.27. The lowest BCUT2D eigenvalue weighted by Gasteiger charge is -2.28. The van der Waals surface area contributed by atoms with Crippen molar-refractivity contribution in [3.05, 3.63) is 96.1 Å². The van der Waals surface area contributed by atoms with E-state index < -0.39 is 30.1 Å². The van der Waals surface area contributed by atoms with Crippen LogP contribution in [0.3, 0.4) is 0 Å². The van der Waals surface area contributed by atoms with E-state index >= 15 is 0 Å². The Labute approximate surface area is 278 Å². The average molecular weight is 639 g/mol. The van der Waals surface area contributed by atoms with E-state index in [1.165, 1.54) is 0 Å². The highest BCUT2D eigenvalue weighted by Gasteiger charge is 2.29. The molecule has 0 spiro atoms. The van der Waals surface area contributed by atoms with Gasteiger partial charge in [-0.15, -0.1) is 0 Å². The molecule has 8 nitrogen and oxygen atoms in total. The number of carbonyl (C=O) groups is 3. The van der Waals surface area contributed by atoms with Crippen LogP contribution in [-0.4, -0.2) is 47.7 Å². The van der Waals surface area contributed by atoms with Gasteiger partial charge in [-0.25, -0.2) is 0 Å². The van der Waals surface area contributed by atoms with E-state index in [-0.39, 0.29) is 24.2 Å². The maximum Gasteiger partial charge on any atom is 0.257 e. The summed E-state index contributed by atoms with van der Waals surface area (Å²) in [4.78, 5) is 39.8. The standard InChI is InChI=1S/C39H50N4O4/c1-5-26(4)24-41-36(45)23-35(44)34(20-25(2)3)42-39(47)37(40)43-38(46)31(21-29-16-10-14-27-12-6-8-18-32(27)29)22-30-17-11-15-28-13-7-9-19-33(28)30/h6-19,25-26,31,34-35,37,44H,5,20-24,40H2,1-4H3,(H,41,45)(H,42,47)(H,43,46)/t26-,34-,35-,37?/m0/s1. The third-order valence-corrected chi connectivity index (χ3v) is 8.90. The lowest BCUT2D eigenvalue weighted by molar-refractivity contribution is -0.132. The van der Waals surface area contributed by atoms with Gasteiger partial charge in [-0.05, 0) is 63.8 Å². The number of hydrogen-bond acceptors (Lipinski definition) is 5. The number of rotatable bonds is 16. The predicted octanol–water partition coefficient (Wildman–Crippen LogP) is 5.24. The number of benzene rings is 4. The van der Waals surface area contributed by atoms with Gasteiger partial charge in [0, 0.05) is 12.5 Å². The van der Waals surface area contributed by atoms with Crippen molar-refractivity contribution in [2.75, 3.05) is 6.54 Å². The molecule has 0 fully saturated rings. The molecule has 0 heterocycles. The molecular weight excluding hydrogens is 588 g/mol. The number of aliphatic hydroxyl groups excluding tert-OH is 1. The van der Waals surface area contributed by atoms with Crippen molar-refractivity contribution in [2.24, 2.45) is 23.5 Å². The van der Waals surface area contributed by atoms with Gasteiger partial charge in [-0.1, -0.05) is 119 Å². The Kier molecular flexibility index (Phi) is 12.9. The molecule has 1 unspecified atom stereocenters. The van der Waals surface area contributed by atoms with Gasteiger partial charge in [0.25, 0.3) is 5.91 Å². The highest BCUT2D eigenvalue weighted by Crippen LogP contribution is 2.26. The van der Waals surface area contributed by atoms with Gasteiger partial charge >= 0.3 is 0 Å². The van der Waals surface area contributed by atoms with Crippen molar-refractivity contribution in [2.45, 2.75) is 78.1 Å². The molecule has 3 amide bonds. The summed E-state index contributed by atoms with van der Waals surface area (Å²) >= 11 is 0. The molecule has 4 aromatic carbocycles. The molecule has 0 saturated heterocycles. The zero-order valence-electron chi connectivity index (χ0n) is 28.0. The van der Waals surface area contributed by atoms with Crippen LogP contribution < -0.4 is 21.7 Å². The topological polar surface area (TPSA) is 134 Å². The number of amides is 3. The summed E-state index contributed by atoms with van der Waals surface area (Å²) in [6.07, 6.45) is -0.317. The summed E-state index contributed by atoms with van der Waals surface area (Å²) in [5.41, 5.74) is 8.37. The molecule has 0 aliphatic carbocycles. The fourth-order valence-electron chi connectivity index (χ4n) is 6.00. The van der Waals surface area contributed by atoms with Gasteiger partial charge in [0.2, 0.25) is 11.8 Å². The first-order valence-corrected chi connectivity index (χ1v) is 16.8. The summed E-state index contributed by atoms with van der Waals surface area (Å²) in [7, 11) is 0. The van der Waals surface area contributed by atoms with Crippen LogP contribution in [0, 0.1) is 17.8 Å². The molecule has 0 bridgehead atoms. The Balaban J connectivity index is 1.50. The second-order valence-electron chi connectivity index (χ2n) is 13.2. The molecule has 8 heteroatoms. The van der Waals surface area contributed by atoms with Crippen LogP contribution in [0.4, 0.5) is 0 Å². The fourth-order valence-corrected chi connectivity index (χ4v) is 6.00. The van der Waals surface area contributed by atoms with Crippen LogP contribution in [0.1, 0.15) is 58.1 Å². The Morgan fingerprint density at radius 1 is 0.745 bits per heavy atom. The summed E-state index contributed by atoms with van der Waals surface area (Å²) in [5.74, 6) is -1.28. The molecule has 47 heavy (non-hydrogen) atoms. The lowest BCUT2D eigenvalue weighted by atomic mass is 9.88. The number of carbonyl (C=O) groups excluding carboxylic acids is 3. The van der Waals surface area contributed by atoms with Gasteiger partial charge in [0.05, 0.1) is 18.6 Å². The van der Waals surface area contributed by atoms with E-state index in [2.05, 4.69) is 59.3 Å². The number of aliphatic hydroxyl groups is 1. The maximum atomic E-state index is 14.0. The second-order valence-corrected chi connectivity index (χ2v) is 13.2. The molecule has 4 rings (SSSR count). The molecule has 0 aliphatic heterocycles. The van der Waals surface area contributed by atoms with Crippen molar-refractivity contribution in [3.63, 3.8) is 0 Å². The van der Waals surface area contributed by atoms with Crippen LogP contribution in [0.15, 0.2) is 84.9 Å². The number of fused-ring (bicyclic) bond motifs is 2. The van der Waals surface area contributed by atoms with E-state index in [4.69, 9.17) is 5.73 Å². The summed E-state index contributed by atoms with van der Waals surface area (Å²) in [5, 5.41) is 23.7. The first-order valence-electron chi connectivity index (χ1n) is 16.8. The van der Waals surface area contributed by atoms with Gasteiger partial charge in [0.15, 0.2) is 6.17 Å².